The average molecular weight is 355 g/mol. The lowest BCUT2D eigenvalue weighted by molar-refractivity contribution is -0.383. The number of nitro groups is 1. The zero-order valence-corrected chi connectivity index (χ0v) is 13.4. The number of hydrogen-bond acceptors (Lipinski definition) is 7. The summed E-state index contributed by atoms with van der Waals surface area (Å²) in [7, 11) is 0. The monoisotopic (exact) mass is 355 g/mol. The van der Waals surface area contributed by atoms with Crippen molar-refractivity contribution < 1.29 is 24.0 Å². The summed E-state index contributed by atoms with van der Waals surface area (Å²) in [4.78, 5) is 33.6. The molecule has 0 aromatic heterocycles. The van der Waals surface area contributed by atoms with Crippen LogP contribution in [0.5, 0.6) is 5.75 Å². The molecule has 1 N–H and O–H groups in total. The number of amides is 1. The van der Waals surface area contributed by atoms with Crippen LogP contribution in [-0.4, -0.2) is 30.0 Å². The van der Waals surface area contributed by atoms with Gasteiger partial charge in [0.25, 0.3) is 11.6 Å². The Kier molecular flexibility index (Phi) is 6.23. The van der Waals surface area contributed by atoms with E-state index in [0.29, 0.717) is 11.3 Å². The van der Waals surface area contributed by atoms with E-state index in [2.05, 4.69) is 5.32 Å². The van der Waals surface area contributed by atoms with Gasteiger partial charge >= 0.3 is 5.97 Å². The maximum absolute atomic E-state index is 11.8. The van der Waals surface area contributed by atoms with E-state index >= 15 is 0 Å². The summed E-state index contributed by atoms with van der Waals surface area (Å²) in [5.74, 6) is -1.14. The fourth-order valence-electron chi connectivity index (χ4n) is 1.88. The number of ether oxygens (including phenoxy) is 2. The number of para-hydroxylation sites is 2. The van der Waals surface area contributed by atoms with Crippen LogP contribution in [0, 0.1) is 21.4 Å². The number of nitriles is 1. The average Bonchev–Trinajstić information content (AvgIpc) is 2.65. The Bertz CT molecular complexity index is 858. The molecule has 0 saturated carbocycles. The molecule has 0 unspecified atom stereocenters. The lowest BCUT2D eigenvalue weighted by atomic mass is 10.2. The number of carbonyl (C=O) groups excluding carboxylic acids is 2. The number of nitro benzene ring substituents is 1. The van der Waals surface area contributed by atoms with Gasteiger partial charge in [0.1, 0.15) is 11.4 Å². The van der Waals surface area contributed by atoms with E-state index in [4.69, 9.17) is 14.7 Å². The van der Waals surface area contributed by atoms with E-state index in [0.717, 1.165) is 0 Å². The number of nitrogens with zero attached hydrogens (tertiary/aromatic N) is 2. The van der Waals surface area contributed by atoms with Crippen LogP contribution in [0.4, 0.5) is 11.4 Å². The first-order valence-corrected chi connectivity index (χ1v) is 7.31. The number of rotatable bonds is 7. The van der Waals surface area contributed by atoms with E-state index in [9.17, 15) is 19.7 Å². The Morgan fingerprint density at radius 3 is 2.46 bits per heavy atom. The van der Waals surface area contributed by atoms with Crippen LogP contribution in [0.25, 0.3) is 0 Å². The second-order valence-corrected chi connectivity index (χ2v) is 4.91. The Balaban J connectivity index is 1.79. The molecule has 2 rings (SSSR count). The molecule has 0 spiro atoms. The lowest BCUT2D eigenvalue weighted by Crippen LogP contribution is -2.24. The second kappa shape index (κ2) is 8.79. The number of nitrogens with one attached hydrogen (secondary N) is 1. The first kappa shape index (κ1) is 18.4. The largest absolute Gasteiger partial charge is 0.482 e. The molecule has 2 aromatic rings. The maximum atomic E-state index is 11.8. The molecule has 0 atom stereocenters. The topological polar surface area (TPSA) is 132 Å². The fourth-order valence-corrected chi connectivity index (χ4v) is 1.88. The highest BCUT2D eigenvalue weighted by Gasteiger charge is 2.15. The van der Waals surface area contributed by atoms with Gasteiger partial charge in [0.15, 0.2) is 13.2 Å². The molecule has 0 aliphatic rings. The molecule has 0 aliphatic carbocycles. The summed E-state index contributed by atoms with van der Waals surface area (Å²) in [5.41, 5.74) is 0.190. The van der Waals surface area contributed by atoms with Crippen molar-refractivity contribution in [3.8, 4) is 11.8 Å². The number of carbonyl (C=O) groups is 2. The minimum absolute atomic E-state index is 0.00683. The Hall–Kier alpha value is -3.93. The van der Waals surface area contributed by atoms with E-state index in [1.54, 1.807) is 0 Å². The standard InChI is InChI=1S/C17H13N3O6/c18-9-12-5-7-13(8-6-12)25-11-17(22)26-10-16(21)19-14-3-1-2-4-15(14)20(23)24/h1-8H,10-11H2,(H,19,21). The zero-order valence-electron chi connectivity index (χ0n) is 13.4. The molecular weight excluding hydrogens is 342 g/mol. The highest BCUT2D eigenvalue weighted by atomic mass is 16.6. The number of hydrogen-bond donors (Lipinski definition) is 1. The molecule has 0 bridgehead atoms. The van der Waals surface area contributed by atoms with Crippen molar-refractivity contribution >= 4 is 23.3 Å². The summed E-state index contributed by atoms with van der Waals surface area (Å²) in [5, 5.41) is 21.9. The van der Waals surface area contributed by atoms with Crippen LogP contribution < -0.4 is 10.1 Å². The van der Waals surface area contributed by atoms with Gasteiger partial charge in [-0.05, 0) is 30.3 Å². The molecule has 0 saturated heterocycles. The second-order valence-electron chi connectivity index (χ2n) is 4.91. The van der Waals surface area contributed by atoms with Crippen molar-refractivity contribution in [2.75, 3.05) is 18.5 Å². The van der Waals surface area contributed by atoms with Gasteiger partial charge in [-0.15, -0.1) is 0 Å². The van der Waals surface area contributed by atoms with Gasteiger partial charge in [-0.2, -0.15) is 5.26 Å². The molecule has 9 nitrogen and oxygen atoms in total. The van der Waals surface area contributed by atoms with Gasteiger partial charge in [-0.3, -0.25) is 14.9 Å². The van der Waals surface area contributed by atoms with Crippen molar-refractivity contribution in [2.45, 2.75) is 0 Å². The van der Waals surface area contributed by atoms with Crippen molar-refractivity contribution in [3.63, 3.8) is 0 Å². The van der Waals surface area contributed by atoms with Gasteiger partial charge < -0.3 is 14.8 Å². The summed E-state index contributed by atoms with van der Waals surface area (Å²) in [6.07, 6.45) is 0. The molecule has 1 amide bonds. The number of esters is 1. The van der Waals surface area contributed by atoms with Crippen LogP contribution in [0.1, 0.15) is 5.56 Å². The summed E-state index contributed by atoms with van der Waals surface area (Å²) in [6, 6.07) is 13.7. The van der Waals surface area contributed by atoms with Gasteiger partial charge in [-0.1, -0.05) is 12.1 Å². The molecule has 2 aromatic carbocycles. The predicted molar refractivity (Wildman–Crippen MR) is 89.3 cm³/mol. The Labute approximate surface area is 147 Å². The van der Waals surface area contributed by atoms with Crippen LogP contribution >= 0.6 is 0 Å². The maximum Gasteiger partial charge on any atom is 0.344 e. The molecule has 0 radical (unpaired) electrons. The van der Waals surface area contributed by atoms with Crippen molar-refractivity contribution in [3.05, 3.63) is 64.2 Å². The molecule has 0 fully saturated rings. The Morgan fingerprint density at radius 1 is 1.12 bits per heavy atom. The smallest absolute Gasteiger partial charge is 0.344 e. The van der Waals surface area contributed by atoms with Gasteiger partial charge in [-0.25, -0.2) is 4.79 Å². The first-order chi connectivity index (χ1) is 12.5. The number of anilines is 1. The Morgan fingerprint density at radius 2 is 1.81 bits per heavy atom. The first-order valence-electron chi connectivity index (χ1n) is 7.31. The SMILES string of the molecule is N#Cc1ccc(OCC(=O)OCC(=O)Nc2ccccc2[N+](=O)[O-])cc1. The van der Waals surface area contributed by atoms with Gasteiger partial charge in [0.05, 0.1) is 16.6 Å². The van der Waals surface area contributed by atoms with Gasteiger partial charge in [0.2, 0.25) is 0 Å². The summed E-state index contributed by atoms with van der Waals surface area (Å²) >= 11 is 0. The summed E-state index contributed by atoms with van der Waals surface area (Å²) < 4.78 is 9.91. The van der Waals surface area contributed by atoms with E-state index in [1.165, 1.54) is 48.5 Å². The summed E-state index contributed by atoms with van der Waals surface area (Å²) in [6.45, 7) is -1.04. The molecule has 26 heavy (non-hydrogen) atoms. The molecule has 9 heteroatoms. The normalized spacial score (nSPS) is 9.65. The number of benzene rings is 2. The van der Waals surface area contributed by atoms with Crippen molar-refractivity contribution in [1.29, 1.82) is 5.26 Å². The highest BCUT2D eigenvalue weighted by Crippen LogP contribution is 2.22. The van der Waals surface area contributed by atoms with Gasteiger partial charge in [0, 0.05) is 6.07 Å². The fraction of sp³-hybridized carbons (Fsp3) is 0.118. The third-order valence-electron chi connectivity index (χ3n) is 3.08. The highest BCUT2D eigenvalue weighted by molar-refractivity contribution is 5.94. The molecule has 0 heterocycles. The third-order valence-corrected chi connectivity index (χ3v) is 3.08. The third kappa shape index (κ3) is 5.31. The zero-order chi connectivity index (χ0) is 18.9. The quantitative estimate of drug-likeness (QED) is 0.456. The van der Waals surface area contributed by atoms with Crippen molar-refractivity contribution in [1.82, 2.24) is 0 Å². The van der Waals surface area contributed by atoms with Crippen LogP contribution in [0.3, 0.4) is 0 Å². The van der Waals surface area contributed by atoms with Crippen molar-refractivity contribution in [2.24, 2.45) is 0 Å². The van der Waals surface area contributed by atoms with E-state index in [-0.39, 0.29) is 11.4 Å². The molecule has 0 aliphatic heterocycles. The predicted octanol–water partition coefficient (Wildman–Crippen LogP) is 2.03. The lowest BCUT2D eigenvalue weighted by Gasteiger charge is -2.08. The minimum atomic E-state index is -0.785. The van der Waals surface area contributed by atoms with E-state index in [1.807, 2.05) is 6.07 Å². The molecule has 132 valence electrons. The van der Waals surface area contributed by atoms with Crippen LogP contribution in [0.2, 0.25) is 0 Å². The minimum Gasteiger partial charge on any atom is -0.482 e. The van der Waals surface area contributed by atoms with Crippen LogP contribution in [0.15, 0.2) is 48.5 Å². The van der Waals surface area contributed by atoms with E-state index < -0.39 is 30.0 Å². The molecular formula is C17H13N3O6. The van der Waals surface area contributed by atoms with Crippen LogP contribution in [-0.2, 0) is 14.3 Å².